The van der Waals surface area contributed by atoms with Crippen LogP contribution in [0.25, 0.3) is 0 Å². The van der Waals surface area contributed by atoms with E-state index in [1.165, 1.54) is 0 Å². The smallest absolute Gasteiger partial charge is 0.0827 e. The number of hydrogen-bond donors (Lipinski definition) is 1. The summed E-state index contributed by atoms with van der Waals surface area (Å²) < 4.78 is 7.35. The largest absolute Gasteiger partial charge is 0.379 e. The lowest BCUT2D eigenvalue weighted by Gasteiger charge is -2.21. The first-order chi connectivity index (χ1) is 7.40. The number of nitrogens with two attached hydrogens (primary N) is 1. The maximum absolute atomic E-state index is 5.45. The van der Waals surface area contributed by atoms with Gasteiger partial charge in [-0.3, -0.25) is 0 Å². The van der Waals surface area contributed by atoms with E-state index in [9.17, 15) is 0 Å². The zero-order valence-corrected chi connectivity index (χ0v) is 8.93. The molecule has 2 rings (SSSR count). The van der Waals surface area contributed by atoms with E-state index in [2.05, 4.69) is 10.3 Å². The van der Waals surface area contributed by atoms with Gasteiger partial charge in [0.2, 0.25) is 0 Å². The summed E-state index contributed by atoms with van der Waals surface area (Å²) in [4.78, 5) is 0. The molecule has 1 unspecified atom stereocenters. The molecule has 1 aromatic heterocycles. The van der Waals surface area contributed by atoms with Gasteiger partial charge >= 0.3 is 0 Å². The van der Waals surface area contributed by atoms with E-state index in [4.69, 9.17) is 10.5 Å². The molecule has 1 aliphatic heterocycles. The topological polar surface area (TPSA) is 66.0 Å². The van der Waals surface area contributed by atoms with Crippen molar-refractivity contribution < 1.29 is 4.74 Å². The normalized spacial score (nSPS) is 21.8. The van der Waals surface area contributed by atoms with E-state index in [0.717, 1.165) is 44.6 Å². The third-order valence-electron chi connectivity index (χ3n) is 2.71. The molecule has 1 aromatic rings. The maximum atomic E-state index is 5.45. The van der Waals surface area contributed by atoms with Crippen molar-refractivity contribution in [1.82, 2.24) is 15.0 Å². The molecule has 1 saturated heterocycles. The number of ether oxygens (including phenoxy) is 1. The predicted molar refractivity (Wildman–Crippen MR) is 56.5 cm³/mol. The van der Waals surface area contributed by atoms with E-state index in [1.807, 2.05) is 10.9 Å². The van der Waals surface area contributed by atoms with Gasteiger partial charge in [0.1, 0.15) is 0 Å². The van der Waals surface area contributed by atoms with Gasteiger partial charge in [-0.2, -0.15) is 0 Å². The highest BCUT2D eigenvalue weighted by Gasteiger charge is 2.16. The van der Waals surface area contributed by atoms with Crippen LogP contribution in [0.5, 0.6) is 0 Å². The number of hydrogen-bond acceptors (Lipinski definition) is 4. The van der Waals surface area contributed by atoms with Crippen LogP contribution in [0.1, 0.15) is 31.0 Å². The Kier molecular flexibility index (Phi) is 3.69. The summed E-state index contributed by atoms with van der Waals surface area (Å²) in [7, 11) is 0. The van der Waals surface area contributed by atoms with Gasteiger partial charge < -0.3 is 10.5 Å². The fourth-order valence-electron chi connectivity index (χ4n) is 1.82. The molecule has 5 nitrogen and oxygen atoms in total. The molecule has 1 aliphatic rings. The molecule has 1 atom stereocenters. The summed E-state index contributed by atoms with van der Waals surface area (Å²) in [6.07, 6.45) is 6.17. The van der Waals surface area contributed by atoms with E-state index in [1.54, 1.807) is 0 Å². The molecular weight excluding hydrogens is 192 g/mol. The van der Waals surface area contributed by atoms with Gasteiger partial charge in [0.15, 0.2) is 0 Å². The lowest BCUT2D eigenvalue weighted by molar-refractivity contribution is 0.0543. The fourth-order valence-corrected chi connectivity index (χ4v) is 1.82. The van der Waals surface area contributed by atoms with Crippen molar-refractivity contribution in [2.75, 3.05) is 19.8 Å². The summed E-state index contributed by atoms with van der Waals surface area (Å²) in [5.41, 5.74) is 6.48. The highest BCUT2D eigenvalue weighted by atomic mass is 16.5. The van der Waals surface area contributed by atoms with Crippen LogP contribution >= 0.6 is 0 Å². The summed E-state index contributed by atoms with van der Waals surface area (Å²) in [5.74, 6) is 0. The number of aromatic nitrogens is 3. The van der Waals surface area contributed by atoms with Crippen LogP contribution in [0.2, 0.25) is 0 Å². The fraction of sp³-hybridized carbons (Fsp3) is 0.800. The van der Waals surface area contributed by atoms with Crippen molar-refractivity contribution in [2.24, 2.45) is 5.73 Å². The molecule has 5 heteroatoms. The zero-order valence-electron chi connectivity index (χ0n) is 8.93. The quantitative estimate of drug-likeness (QED) is 0.787. The predicted octanol–water partition coefficient (Wildman–Crippen LogP) is 0.521. The average molecular weight is 210 g/mol. The standard InChI is InChI=1S/C10H18N4O/c11-5-1-3-9-7-14(13-12-9)10-4-2-6-15-8-10/h7,10H,1-6,8,11H2. The van der Waals surface area contributed by atoms with Crippen LogP contribution in [-0.4, -0.2) is 34.8 Å². The minimum absolute atomic E-state index is 0.373. The molecule has 0 radical (unpaired) electrons. The minimum atomic E-state index is 0.373. The van der Waals surface area contributed by atoms with Crippen molar-refractivity contribution >= 4 is 0 Å². The van der Waals surface area contributed by atoms with Crippen molar-refractivity contribution in [2.45, 2.75) is 31.7 Å². The average Bonchev–Trinajstić information content (AvgIpc) is 2.76. The maximum Gasteiger partial charge on any atom is 0.0827 e. The molecule has 84 valence electrons. The van der Waals surface area contributed by atoms with Crippen LogP contribution in [0.4, 0.5) is 0 Å². The van der Waals surface area contributed by atoms with Crippen LogP contribution in [0.3, 0.4) is 0 Å². The first-order valence-electron chi connectivity index (χ1n) is 5.58. The zero-order chi connectivity index (χ0) is 10.5. The van der Waals surface area contributed by atoms with Gasteiger partial charge in [0.05, 0.1) is 18.3 Å². The molecule has 0 aliphatic carbocycles. The van der Waals surface area contributed by atoms with Crippen LogP contribution < -0.4 is 5.73 Å². The highest BCUT2D eigenvalue weighted by Crippen LogP contribution is 2.18. The second-order valence-corrected chi connectivity index (χ2v) is 3.95. The number of rotatable bonds is 4. The Balaban J connectivity index is 1.93. The van der Waals surface area contributed by atoms with E-state index < -0.39 is 0 Å². The van der Waals surface area contributed by atoms with Crippen molar-refractivity contribution in [3.05, 3.63) is 11.9 Å². The monoisotopic (exact) mass is 210 g/mol. The summed E-state index contributed by atoms with van der Waals surface area (Å²) >= 11 is 0. The Morgan fingerprint density at radius 3 is 3.27 bits per heavy atom. The highest BCUT2D eigenvalue weighted by molar-refractivity contribution is 4.94. The van der Waals surface area contributed by atoms with Crippen LogP contribution in [0.15, 0.2) is 6.20 Å². The van der Waals surface area contributed by atoms with Gasteiger partial charge in [-0.15, -0.1) is 5.10 Å². The second kappa shape index (κ2) is 5.23. The second-order valence-electron chi connectivity index (χ2n) is 3.95. The first-order valence-corrected chi connectivity index (χ1v) is 5.58. The van der Waals surface area contributed by atoms with Crippen molar-refractivity contribution in [3.8, 4) is 0 Å². The van der Waals surface area contributed by atoms with Gasteiger partial charge in [0, 0.05) is 12.8 Å². The first kappa shape index (κ1) is 10.6. The van der Waals surface area contributed by atoms with Gasteiger partial charge in [-0.05, 0) is 32.2 Å². The Bertz CT molecular complexity index is 293. The molecule has 0 bridgehead atoms. The Labute approximate surface area is 89.6 Å². The lowest BCUT2D eigenvalue weighted by atomic mass is 10.1. The Morgan fingerprint density at radius 2 is 2.53 bits per heavy atom. The minimum Gasteiger partial charge on any atom is -0.379 e. The van der Waals surface area contributed by atoms with Crippen LogP contribution in [-0.2, 0) is 11.2 Å². The Morgan fingerprint density at radius 1 is 1.60 bits per heavy atom. The molecule has 0 aromatic carbocycles. The number of nitrogens with zero attached hydrogens (tertiary/aromatic N) is 3. The molecule has 1 fully saturated rings. The Hall–Kier alpha value is -0.940. The van der Waals surface area contributed by atoms with Crippen molar-refractivity contribution in [3.63, 3.8) is 0 Å². The number of aryl methyl sites for hydroxylation is 1. The summed E-state index contributed by atoms with van der Waals surface area (Å²) in [6, 6.07) is 0.373. The van der Waals surface area contributed by atoms with Crippen LogP contribution in [0, 0.1) is 0 Å². The van der Waals surface area contributed by atoms with Gasteiger partial charge in [-0.25, -0.2) is 4.68 Å². The lowest BCUT2D eigenvalue weighted by Crippen LogP contribution is -2.21. The summed E-state index contributed by atoms with van der Waals surface area (Å²) in [5, 5.41) is 8.27. The third kappa shape index (κ3) is 2.76. The molecule has 0 spiro atoms. The molecular formula is C10H18N4O. The molecule has 0 saturated carbocycles. The van der Waals surface area contributed by atoms with E-state index in [0.29, 0.717) is 12.6 Å². The molecule has 2 N–H and O–H groups in total. The van der Waals surface area contributed by atoms with Crippen molar-refractivity contribution in [1.29, 1.82) is 0 Å². The summed E-state index contributed by atoms with van der Waals surface area (Å²) in [6.45, 7) is 2.35. The third-order valence-corrected chi connectivity index (χ3v) is 2.71. The van der Waals surface area contributed by atoms with Gasteiger partial charge in [0.25, 0.3) is 0 Å². The SMILES string of the molecule is NCCCc1cn(C2CCCOC2)nn1. The van der Waals surface area contributed by atoms with E-state index in [-0.39, 0.29) is 0 Å². The molecule has 0 amide bonds. The van der Waals surface area contributed by atoms with Gasteiger partial charge in [-0.1, -0.05) is 5.21 Å². The molecule has 15 heavy (non-hydrogen) atoms. The van der Waals surface area contributed by atoms with E-state index >= 15 is 0 Å². The molecule has 2 heterocycles.